The Morgan fingerprint density at radius 3 is 2.42 bits per heavy atom. The highest BCUT2D eigenvalue weighted by atomic mass is 16.3. The van der Waals surface area contributed by atoms with Crippen LogP contribution in [0.25, 0.3) is 22.2 Å². The molecule has 0 unspecified atom stereocenters. The molecule has 162 valence electrons. The molecular formula is C26H21N5O2. The predicted octanol–water partition coefficient (Wildman–Crippen LogP) is 5.39. The molecule has 5 aromatic rings. The number of para-hydroxylation sites is 1. The zero-order valence-corrected chi connectivity index (χ0v) is 17.8. The number of rotatable bonds is 5. The van der Waals surface area contributed by atoms with Gasteiger partial charge in [0.25, 0.3) is 0 Å². The van der Waals surface area contributed by atoms with Crippen LogP contribution in [0, 0.1) is 0 Å². The van der Waals surface area contributed by atoms with Crippen molar-refractivity contribution < 1.29 is 9.90 Å². The van der Waals surface area contributed by atoms with E-state index in [1.54, 1.807) is 6.20 Å². The van der Waals surface area contributed by atoms with Gasteiger partial charge < -0.3 is 15.1 Å². The minimum absolute atomic E-state index is 0.0818. The Balaban J connectivity index is 1.56. The summed E-state index contributed by atoms with van der Waals surface area (Å²) < 4.78 is 0. The summed E-state index contributed by atoms with van der Waals surface area (Å²) in [5.41, 5.74) is 5.51. The number of hydrogen-bond acceptors (Lipinski definition) is 4. The van der Waals surface area contributed by atoms with Crippen molar-refractivity contribution in [1.82, 2.24) is 15.0 Å². The Morgan fingerprint density at radius 1 is 0.939 bits per heavy atom. The average molecular weight is 435 g/mol. The van der Waals surface area contributed by atoms with Gasteiger partial charge in [0.15, 0.2) is 5.88 Å². The standard InChI is InChI=1S/C26H21N5O2/c1-16(32)28-26-27-15-22(31-26)17-11-13-19(14-12-17)29-24(18-7-3-2-4-8-18)23-20-9-5-6-10-21(20)30-25(23)33/h2-15,30,33H,1H3,(H2,27,28,31,32). The number of imidazole rings is 1. The van der Waals surface area contributed by atoms with Crippen molar-refractivity contribution >= 4 is 34.2 Å². The molecule has 2 aromatic heterocycles. The summed E-state index contributed by atoms with van der Waals surface area (Å²) in [5.74, 6) is 0.300. The van der Waals surface area contributed by atoms with E-state index in [0.29, 0.717) is 17.2 Å². The molecule has 0 spiro atoms. The predicted molar refractivity (Wildman–Crippen MR) is 130 cm³/mol. The molecule has 0 saturated carbocycles. The number of aromatic amines is 2. The molecule has 1 amide bonds. The van der Waals surface area contributed by atoms with E-state index >= 15 is 0 Å². The van der Waals surface area contributed by atoms with Crippen molar-refractivity contribution in [3.8, 4) is 17.1 Å². The topological polar surface area (TPSA) is 106 Å². The molecule has 0 aliphatic rings. The number of aromatic hydroxyl groups is 1. The third kappa shape index (κ3) is 4.12. The Kier molecular flexibility index (Phi) is 5.20. The molecule has 2 heterocycles. The molecule has 3 aromatic carbocycles. The molecule has 7 heteroatoms. The van der Waals surface area contributed by atoms with E-state index < -0.39 is 0 Å². The van der Waals surface area contributed by atoms with Crippen LogP contribution in [0.1, 0.15) is 18.1 Å². The second kappa shape index (κ2) is 8.47. The van der Waals surface area contributed by atoms with Crippen molar-refractivity contribution in [3.63, 3.8) is 0 Å². The van der Waals surface area contributed by atoms with Gasteiger partial charge in [-0.2, -0.15) is 0 Å². The van der Waals surface area contributed by atoms with Crippen molar-refractivity contribution in [3.05, 3.63) is 96.2 Å². The molecular weight excluding hydrogens is 414 g/mol. The minimum Gasteiger partial charge on any atom is -0.494 e. The first kappa shape index (κ1) is 20.3. The van der Waals surface area contributed by atoms with Gasteiger partial charge in [-0.15, -0.1) is 0 Å². The van der Waals surface area contributed by atoms with Crippen LogP contribution in [-0.2, 0) is 4.79 Å². The van der Waals surface area contributed by atoms with Crippen LogP contribution in [0.5, 0.6) is 5.88 Å². The van der Waals surface area contributed by atoms with Crippen LogP contribution in [0.2, 0.25) is 0 Å². The van der Waals surface area contributed by atoms with E-state index in [2.05, 4.69) is 20.3 Å². The van der Waals surface area contributed by atoms with Crippen molar-refractivity contribution in [2.24, 2.45) is 4.99 Å². The number of aliphatic imine (C=N–C) groups is 1. The molecule has 33 heavy (non-hydrogen) atoms. The number of carbonyl (C=O) groups excluding carboxylic acids is 1. The zero-order chi connectivity index (χ0) is 22.8. The summed E-state index contributed by atoms with van der Waals surface area (Å²) in [5, 5.41) is 14.3. The third-order valence-corrected chi connectivity index (χ3v) is 5.26. The molecule has 0 bridgehead atoms. The highest BCUT2D eigenvalue weighted by Gasteiger charge is 2.18. The highest BCUT2D eigenvalue weighted by molar-refractivity contribution is 6.21. The lowest BCUT2D eigenvalue weighted by Crippen LogP contribution is -2.06. The van der Waals surface area contributed by atoms with Crippen LogP contribution in [0.3, 0.4) is 0 Å². The zero-order valence-electron chi connectivity index (χ0n) is 17.8. The lowest BCUT2D eigenvalue weighted by Gasteiger charge is -2.08. The van der Waals surface area contributed by atoms with E-state index in [1.807, 2.05) is 78.9 Å². The van der Waals surface area contributed by atoms with E-state index in [0.717, 1.165) is 33.4 Å². The summed E-state index contributed by atoms with van der Waals surface area (Å²) >= 11 is 0. The summed E-state index contributed by atoms with van der Waals surface area (Å²) in [6.45, 7) is 1.44. The Bertz CT molecular complexity index is 1460. The van der Waals surface area contributed by atoms with Gasteiger partial charge in [-0.25, -0.2) is 9.98 Å². The van der Waals surface area contributed by atoms with Gasteiger partial charge in [-0.1, -0.05) is 60.7 Å². The molecule has 0 fully saturated rings. The average Bonchev–Trinajstić information content (AvgIpc) is 3.41. The molecule has 0 saturated heterocycles. The molecule has 0 radical (unpaired) electrons. The van der Waals surface area contributed by atoms with E-state index in [-0.39, 0.29) is 11.8 Å². The first-order valence-electron chi connectivity index (χ1n) is 10.5. The van der Waals surface area contributed by atoms with Crippen LogP contribution in [0.15, 0.2) is 90.1 Å². The monoisotopic (exact) mass is 435 g/mol. The van der Waals surface area contributed by atoms with Crippen molar-refractivity contribution in [2.75, 3.05) is 5.32 Å². The Labute approximate surface area is 189 Å². The van der Waals surface area contributed by atoms with Gasteiger partial charge in [0.1, 0.15) is 0 Å². The maximum absolute atomic E-state index is 11.2. The van der Waals surface area contributed by atoms with Crippen molar-refractivity contribution in [1.29, 1.82) is 0 Å². The van der Waals surface area contributed by atoms with Crippen LogP contribution in [-0.4, -0.2) is 31.7 Å². The third-order valence-electron chi connectivity index (χ3n) is 5.26. The molecule has 4 N–H and O–H groups in total. The smallest absolute Gasteiger partial charge is 0.223 e. The normalized spacial score (nSPS) is 11.6. The van der Waals surface area contributed by atoms with Crippen LogP contribution < -0.4 is 5.32 Å². The maximum atomic E-state index is 11.2. The number of aromatic nitrogens is 3. The molecule has 5 rings (SSSR count). The second-order valence-corrected chi connectivity index (χ2v) is 7.59. The van der Waals surface area contributed by atoms with Gasteiger partial charge in [0.05, 0.1) is 28.9 Å². The maximum Gasteiger partial charge on any atom is 0.223 e. The lowest BCUT2D eigenvalue weighted by atomic mass is 10.0. The number of nitrogens with zero attached hydrogens (tertiary/aromatic N) is 2. The largest absolute Gasteiger partial charge is 0.494 e. The van der Waals surface area contributed by atoms with Gasteiger partial charge in [0, 0.05) is 23.4 Å². The number of carbonyl (C=O) groups is 1. The number of anilines is 1. The number of fused-ring (bicyclic) bond motifs is 1. The number of amides is 1. The number of benzene rings is 3. The highest BCUT2D eigenvalue weighted by Crippen LogP contribution is 2.32. The second-order valence-electron chi connectivity index (χ2n) is 7.59. The molecule has 0 atom stereocenters. The Morgan fingerprint density at radius 2 is 1.67 bits per heavy atom. The number of H-pyrrole nitrogens is 2. The molecule has 0 aliphatic carbocycles. The fraction of sp³-hybridized carbons (Fsp3) is 0.0385. The quantitative estimate of drug-likeness (QED) is 0.278. The van der Waals surface area contributed by atoms with Crippen LogP contribution in [0.4, 0.5) is 11.6 Å². The first-order chi connectivity index (χ1) is 16.1. The minimum atomic E-state index is -0.186. The lowest BCUT2D eigenvalue weighted by molar-refractivity contribution is -0.114. The van der Waals surface area contributed by atoms with Crippen molar-refractivity contribution in [2.45, 2.75) is 6.92 Å². The van der Waals surface area contributed by atoms with Gasteiger partial charge in [-0.05, 0) is 23.8 Å². The van der Waals surface area contributed by atoms with E-state index in [9.17, 15) is 9.90 Å². The SMILES string of the molecule is CC(=O)Nc1ncc(-c2ccc(N=C(c3ccccc3)c3c(O)[nH]c4ccccc34)cc2)[nH]1. The van der Waals surface area contributed by atoms with Gasteiger partial charge in [0.2, 0.25) is 11.9 Å². The van der Waals surface area contributed by atoms with Gasteiger partial charge in [-0.3, -0.25) is 10.1 Å². The fourth-order valence-electron chi connectivity index (χ4n) is 3.77. The summed E-state index contributed by atoms with van der Waals surface area (Å²) in [6, 6.07) is 25.2. The van der Waals surface area contributed by atoms with Crippen LogP contribution >= 0.6 is 0 Å². The molecule has 0 aliphatic heterocycles. The van der Waals surface area contributed by atoms with Gasteiger partial charge >= 0.3 is 0 Å². The summed E-state index contributed by atoms with van der Waals surface area (Å²) in [7, 11) is 0. The number of hydrogen-bond donors (Lipinski definition) is 4. The Hall–Kier alpha value is -4.65. The van der Waals surface area contributed by atoms with E-state index in [1.165, 1.54) is 6.92 Å². The number of nitrogens with one attached hydrogen (secondary N) is 3. The molecule has 7 nitrogen and oxygen atoms in total. The summed E-state index contributed by atoms with van der Waals surface area (Å²) in [4.78, 5) is 26.4. The van der Waals surface area contributed by atoms with E-state index in [4.69, 9.17) is 4.99 Å². The first-order valence-corrected chi connectivity index (χ1v) is 10.5. The fourth-order valence-corrected chi connectivity index (χ4v) is 3.77. The summed E-state index contributed by atoms with van der Waals surface area (Å²) in [6.07, 6.45) is 1.67.